The second kappa shape index (κ2) is 8.03. The molecule has 2 aliphatic carbocycles. The summed E-state index contributed by atoms with van der Waals surface area (Å²) in [7, 11) is 1.90. The molecule has 0 spiro atoms. The number of benzene rings is 1. The van der Waals surface area contributed by atoms with Crippen LogP contribution >= 0.6 is 23.5 Å². The highest BCUT2D eigenvalue weighted by molar-refractivity contribution is 7.98. The van der Waals surface area contributed by atoms with Gasteiger partial charge in [-0.3, -0.25) is 4.72 Å². The maximum absolute atomic E-state index is 6.09. The van der Waals surface area contributed by atoms with Crippen molar-refractivity contribution in [2.75, 3.05) is 7.11 Å². The van der Waals surface area contributed by atoms with Crippen LogP contribution < -0.4 is 4.72 Å². The van der Waals surface area contributed by atoms with E-state index in [0.717, 1.165) is 11.4 Å². The quantitative estimate of drug-likeness (QED) is 0.498. The normalized spacial score (nSPS) is 33.5. The number of hydrogen-bond acceptors (Lipinski definition) is 3. The van der Waals surface area contributed by atoms with E-state index in [9.17, 15) is 0 Å². The van der Waals surface area contributed by atoms with Gasteiger partial charge in [0, 0.05) is 28.8 Å². The Bertz CT molecular complexity index is 605. The molecule has 0 heterocycles. The van der Waals surface area contributed by atoms with Gasteiger partial charge in [0.2, 0.25) is 0 Å². The highest BCUT2D eigenvalue weighted by Gasteiger charge is 2.66. The molecule has 0 saturated heterocycles. The molecule has 2 aliphatic rings. The van der Waals surface area contributed by atoms with Crippen LogP contribution in [0.4, 0.5) is 0 Å². The van der Waals surface area contributed by atoms with Gasteiger partial charge in [-0.05, 0) is 48.3 Å². The lowest BCUT2D eigenvalue weighted by Gasteiger charge is -2.39. The van der Waals surface area contributed by atoms with Gasteiger partial charge in [0.05, 0.1) is 6.10 Å². The fourth-order valence-electron chi connectivity index (χ4n) is 5.32. The Hall–Kier alpha value is -0.220. The van der Waals surface area contributed by atoms with E-state index in [0.29, 0.717) is 28.7 Å². The number of ether oxygens (including phenoxy) is 1. The van der Waals surface area contributed by atoms with Gasteiger partial charge in [-0.2, -0.15) is 0 Å². The summed E-state index contributed by atoms with van der Waals surface area (Å²) in [6, 6.07) is 8.69. The number of methoxy groups -OCH3 is 1. The van der Waals surface area contributed by atoms with Crippen LogP contribution in [0.2, 0.25) is 5.02 Å². The van der Waals surface area contributed by atoms with E-state index in [4.69, 9.17) is 16.3 Å². The lowest BCUT2D eigenvalue weighted by molar-refractivity contribution is -0.0177. The molecule has 3 rings (SSSR count). The highest BCUT2D eigenvalue weighted by Crippen LogP contribution is 2.68. The molecule has 5 atom stereocenters. The van der Waals surface area contributed by atoms with E-state index >= 15 is 0 Å². The van der Waals surface area contributed by atoms with Crippen LogP contribution in [-0.4, -0.2) is 18.5 Å². The molecule has 2 saturated carbocycles. The molecule has 2 nitrogen and oxygen atoms in total. The Morgan fingerprint density at radius 3 is 2.58 bits per heavy atom. The minimum Gasteiger partial charge on any atom is -0.380 e. The van der Waals surface area contributed by atoms with Crippen LogP contribution in [0.3, 0.4) is 0 Å². The fraction of sp³-hybridized carbons (Fsp3) is 0.727. The van der Waals surface area contributed by atoms with Crippen LogP contribution in [0.5, 0.6) is 0 Å². The first-order chi connectivity index (χ1) is 12.3. The van der Waals surface area contributed by atoms with Crippen molar-refractivity contribution in [2.45, 2.75) is 77.2 Å². The number of nitrogens with one attached hydrogen (secondary N) is 1. The number of halogens is 1. The molecule has 0 aromatic heterocycles. The molecule has 2 fully saturated rings. The van der Waals surface area contributed by atoms with Crippen molar-refractivity contribution < 1.29 is 4.74 Å². The SMILES string of the molecule is CCCC[C@H](NSC1C(OC)[C@]2(C)CC[C@H]1C2(C)C)c1ccc(Cl)cc1. The standard InChI is InChI=1S/C22H34ClNOS/c1-6-7-8-18(15-9-11-16(23)12-10-15)24-26-19-17-13-14-22(4,20(19)25-5)21(17,2)3/h9-12,17-20,24H,6-8,13-14H2,1-5H3/t17-,18+,19?,20?,22+/m1/s1. The van der Waals surface area contributed by atoms with Gasteiger partial charge in [0.1, 0.15) is 0 Å². The summed E-state index contributed by atoms with van der Waals surface area (Å²) in [5, 5.41) is 1.32. The van der Waals surface area contributed by atoms with E-state index in [-0.39, 0.29) is 5.41 Å². The van der Waals surface area contributed by atoms with E-state index in [2.05, 4.69) is 44.5 Å². The van der Waals surface area contributed by atoms with Crippen molar-refractivity contribution in [1.29, 1.82) is 0 Å². The smallest absolute Gasteiger partial charge is 0.0764 e. The van der Waals surface area contributed by atoms with Crippen molar-refractivity contribution in [3.63, 3.8) is 0 Å². The fourth-order valence-corrected chi connectivity index (χ4v) is 7.19. The second-order valence-electron chi connectivity index (χ2n) is 8.89. The Kier molecular flexibility index (Phi) is 6.33. The molecule has 0 radical (unpaired) electrons. The molecular weight excluding hydrogens is 362 g/mol. The third-order valence-corrected chi connectivity index (χ3v) is 8.94. The van der Waals surface area contributed by atoms with Gasteiger partial charge < -0.3 is 4.74 Å². The average molecular weight is 396 g/mol. The monoisotopic (exact) mass is 395 g/mol. The van der Waals surface area contributed by atoms with E-state index in [1.54, 1.807) is 0 Å². The molecule has 0 amide bonds. The Morgan fingerprint density at radius 2 is 1.96 bits per heavy atom. The largest absolute Gasteiger partial charge is 0.380 e. The Labute approximate surface area is 168 Å². The number of unbranched alkanes of at least 4 members (excludes halogenated alkanes) is 1. The summed E-state index contributed by atoms with van der Waals surface area (Å²) < 4.78 is 9.88. The first-order valence-corrected chi connectivity index (χ1v) is 11.3. The second-order valence-corrected chi connectivity index (χ2v) is 10.3. The van der Waals surface area contributed by atoms with E-state index in [1.807, 2.05) is 31.2 Å². The maximum atomic E-state index is 6.09. The van der Waals surface area contributed by atoms with Crippen LogP contribution in [-0.2, 0) is 4.74 Å². The van der Waals surface area contributed by atoms with Gasteiger partial charge in [-0.15, -0.1) is 0 Å². The van der Waals surface area contributed by atoms with Crippen LogP contribution in [0.15, 0.2) is 24.3 Å². The summed E-state index contributed by atoms with van der Waals surface area (Å²) in [4.78, 5) is 0. The van der Waals surface area contributed by atoms with Crippen molar-refractivity contribution in [3.8, 4) is 0 Å². The first-order valence-electron chi connectivity index (χ1n) is 10.0. The topological polar surface area (TPSA) is 21.3 Å². The number of rotatable bonds is 8. The zero-order valence-corrected chi connectivity index (χ0v) is 18.4. The number of hydrogen-bond donors (Lipinski definition) is 1. The predicted octanol–water partition coefficient (Wildman–Crippen LogP) is 6.65. The minimum atomic E-state index is 0.283. The summed E-state index contributed by atoms with van der Waals surface area (Å²) >= 11 is 8.02. The van der Waals surface area contributed by atoms with Crippen molar-refractivity contribution in [3.05, 3.63) is 34.9 Å². The van der Waals surface area contributed by atoms with Gasteiger partial charge in [0.15, 0.2) is 0 Å². The Balaban J connectivity index is 1.73. The molecule has 146 valence electrons. The molecule has 26 heavy (non-hydrogen) atoms. The zero-order chi connectivity index (χ0) is 18.9. The molecule has 2 unspecified atom stereocenters. The van der Waals surface area contributed by atoms with Crippen LogP contribution in [0.1, 0.15) is 71.4 Å². The maximum Gasteiger partial charge on any atom is 0.0764 e. The highest BCUT2D eigenvalue weighted by atomic mass is 35.5. The third kappa shape index (κ3) is 3.45. The van der Waals surface area contributed by atoms with Gasteiger partial charge in [-0.1, -0.05) is 76.2 Å². The minimum absolute atomic E-state index is 0.283. The number of fused-ring (bicyclic) bond motifs is 2. The molecule has 2 bridgehead atoms. The Morgan fingerprint density at radius 1 is 1.27 bits per heavy atom. The molecule has 1 aromatic rings. The van der Waals surface area contributed by atoms with Crippen molar-refractivity contribution in [1.82, 2.24) is 4.72 Å². The lowest BCUT2D eigenvalue weighted by atomic mass is 9.70. The molecular formula is C22H34ClNOS. The zero-order valence-electron chi connectivity index (χ0n) is 16.8. The average Bonchev–Trinajstić information content (AvgIpc) is 2.94. The van der Waals surface area contributed by atoms with Crippen LogP contribution in [0.25, 0.3) is 0 Å². The van der Waals surface area contributed by atoms with E-state index in [1.165, 1.54) is 31.2 Å². The lowest BCUT2D eigenvalue weighted by Crippen LogP contribution is -2.41. The molecule has 1 aromatic carbocycles. The molecule has 1 N–H and O–H groups in total. The summed E-state index contributed by atoms with van der Waals surface area (Å²) in [5.41, 5.74) is 1.95. The van der Waals surface area contributed by atoms with Crippen LogP contribution in [0, 0.1) is 16.7 Å². The molecule has 4 heteroatoms. The predicted molar refractivity (Wildman–Crippen MR) is 114 cm³/mol. The molecule has 0 aliphatic heterocycles. The summed E-state index contributed by atoms with van der Waals surface area (Å²) in [5.74, 6) is 0.715. The van der Waals surface area contributed by atoms with Crippen molar-refractivity contribution >= 4 is 23.5 Å². The van der Waals surface area contributed by atoms with Gasteiger partial charge in [-0.25, -0.2) is 0 Å². The van der Waals surface area contributed by atoms with Gasteiger partial charge in [0.25, 0.3) is 0 Å². The third-order valence-electron chi connectivity index (χ3n) is 7.42. The summed E-state index contributed by atoms with van der Waals surface area (Å²) in [6.07, 6.45) is 6.53. The summed E-state index contributed by atoms with van der Waals surface area (Å²) in [6.45, 7) is 9.60. The van der Waals surface area contributed by atoms with Crippen molar-refractivity contribution in [2.24, 2.45) is 16.7 Å². The van der Waals surface area contributed by atoms with Gasteiger partial charge >= 0.3 is 0 Å². The van der Waals surface area contributed by atoms with E-state index < -0.39 is 0 Å². The first kappa shape index (κ1) is 20.5.